The molecule has 2 atom stereocenters. The Kier molecular flexibility index (Phi) is 8.56. The van der Waals surface area contributed by atoms with Crippen molar-refractivity contribution < 1.29 is 32.3 Å². The average Bonchev–Trinajstić information content (AvgIpc) is 3.46. The van der Waals surface area contributed by atoms with Crippen molar-refractivity contribution in [1.82, 2.24) is 0 Å². The minimum absolute atomic E-state index is 0.0354. The molecular weight excluding hydrogens is 597 g/mol. The summed E-state index contributed by atoms with van der Waals surface area (Å²) < 4.78 is 51.5. The fourth-order valence-electron chi connectivity index (χ4n) is 4.32. The molecule has 0 aromatic heterocycles. The highest BCUT2D eigenvalue weighted by molar-refractivity contribution is 6.53. The lowest BCUT2D eigenvalue weighted by atomic mass is 10.0. The van der Waals surface area contributed by atoms with E-state index in [1.807, 2.05) is 0 Å². The highest BCUT2D eigenvalue weighted by Crippen LogP contribution is 2.65. The summed E-state index contributed by atoms with van der Waals surface area (Å²) in [7, 11) is 0. The smallest absolute Gasteiger partial charge is 0.395 e. The number of carbonyl (C=O) groups is 2. The van der Waals surface area contributed by atoms with Gasteiger partial charge in [0, 0.05) is 29.5 Å². The molecular formula is C27H22Cl3F4N3O3. The second kappa shape index (κ2) is 11.4. The Morgan fingerprint density at radius 3 is 2.35 bits per heavy atom. The number of anilines is 3. The van der Waals surface area contributed by atoms with Crippen LogP contribution in [0.2, 0.25) is 5.02 Å². The topological polar surface area (TPSA) is 90.5 Å². The van der Waals surface area contributed by atoms with Crippen LogP contribution in [-0.4, -0.2) is 34.4 Å². The number of hydrogen-bond donors (Lipinski definition) is 4. The molecule has 0 aliphatic heterocycles. The fourth-order valence-corrected chi connectivity index (χ4v) is 5.35. The second-order valence-electron chi connectivity index (χ2n) is 9.18. The van der Waals surface area contributed by atoms with Gasteiger partial charge in [-0.05, 0) is 66.6 Å². The molecule has 0 heterocycles. The van der Waals surface area contributed by atoms with Crippen LogP contribution in [0.15, 0.2) is 54.6 Å². The van der Waals surface area contributed by atoms with E-state index in [4.69, 9.17) is 39.9 Å². The zero-order valence-corrected chi connectivity index (χ0v) is 22.9. The van der Waals surface area contributed by atoms with Gasteiger partial charge in [0.25, 0.3) is 5.91 Å². The minimum Gasteiger partial charge on any atom is -0.395 e. The third kappa shape index (κ3) is 6.30. The van der Waals surface area contributed by atoms with Gasteiger partial charge in [-0.2, -0.15) is 13.2 Å². The van der Waals surface area contributed by atoms with E-state index in [9.17, 15) is 27.2 Å². The predicted octanol–water partition coefficient (Wildman–Crippen LogP) is 6.99. The highest BCUT2D eigenvalue weighted by atomic mass is 35.5. The van der Waals surface area contributed by atoms with Crippen molar-refractivity contribution in [3.63, 3.8) is 0 Å². The van der Waals surface area contributed by atoms with E-state index in [0.717, 1.165) is 17.3 Å². The number of aryl methyl sites for hydroxylation is 1. The molecule has 0 saturated heterocycles. The quantitative estimate of drug-likeness (QED) is 0.162. The van der Waals surface area contributed by atoms with Crippen molar-refractivity contribution in [2.45, 2.75) is 23.4 Å². The molecule has 1 aliphatic carbocycles. The number of aliphatic hydroxyl groups excluding tert-OH is 1. The Morgan fingerprint density at radius 2 is 1.70 bits per heavy atom. The Bertz CT molecular complexity index is 1470. The van der Waals surface area contributed by atoms with Gasteiger partial charge in [-0.1, -0.05) is 17.7 Å². The molecule has 1 aliphatic rings. The molecule has 3 aromatic rings. The number of hydrogen-bond acceptors (Lipinski definition) is 4. The van der Waals surface area contributed by atoms with E-state index in [-0.39, 0.29) is 28.4 Å². The zero-order valence-electron chi connectivity index (χ0n) is 20.7. The molecule has 4 rings (SSSR count). The van der Waals surface area contributed by atoms with Crippen LogP contribution in [0.3, 0.4) is 0 Å². The summed E-state index contributed by atoms with van der Waals surface area (Å²) in [6.07, 6.45) is -4.94. The molecule has 0 bridgehead atoms. The van der Waals surface area contributed by atoms with Crippen molar-refractivity contribution in [3.8, 4) is 0 Å². The van der Waals surface area contributed by atoms with Crippen LogP contribution in [0.1, 0.15) is 33.0 Å². The number of benzene rings is 3. The van der Waals surface area contributed by atoms with Crippen molar-refractivity contribution in [2.24, 2.45) is 5.92 Å². The normalized spacial score (nSPS) is 17.7. The lowest BCUT2D eigenvalue weighted by molar-refractivity contribution is -0.140. The molecule has 0 radical (unpaired) electrons. The summed E-state index contributed by atoms with van der Waals surface area (Å²) in [5.74, 6) is -4.88. The van der Waals surface area contributed by atoms with Crippen molar-refractivity contribution >= 4 is 63.7 Å². The van der Waals surface area contributed by atoms with Gasteiger partial charge in [-0.3, -0.25) is 9.59 Å². The van der Waals surface area contributed by atoms with Gasteiger partial charge in [0.1, 0.15) is 10.2 Å². The van der Waals surface area contributed by atoms with E-state index < -0.39 is 45.5 Å². The third-order valence-corrected chi connectivity index (χ3v) is 7.65. The number of rotatable bonds is 8. The first-order valence-corrected chi connectivity index (χ1v) is 13.0. The van der Waals surface area contributed by atoms with Crippen LogP contribution in [-0.2, 0) is 11.0 Å². The van der Waals surface area contributed by atoms with Crippen molar-refractivity contribution in [2.75, 3.05) is 29.1 Å². The van der Waals surface area contributed by atoms with Crippen LogP contribution in [0.25, 0.3) is 0 Å². The van der Waals surface area contributed by atoms with Gasteiger partial charge in [0.2, 0.25) is 5.91 Å². The van der Waals surface area contributed by atoms with Crippen LogP contribution >= 0.6 is 34.8 Å². The first kappa shape index (κ1) is 29.9. The maximum atomic E-state index is 13.7. The summed E-state index contributed by atoms with van der Waals surface area (Å²) in [5, 5.41) is 17.4. The number of aliphatic hydroxyl groups is 1. The first-order chi connectivity index (χ1) is 18.7. The van der Waals surface area contributed by atoms with Crippen LogP contribution < -0.4 is 16.0 Å². The number of halogens is 7. The molecule has 1 fully saturated rings. The summed E-state index contributed by atoms with van der Waals surface area (Å²) >= 11 is 18.7. The molecule has 1 unspecified atom stereocenters. The van der Waals surface area contributed by atoms with Crippen molar-refractivity contribution in [3.05, 3.63) is 87.7 Å². The van der Waals surface area contributed by atoms with Gasteiger partial charge in [-0.25, -0.2) is 4.39 Å². The Labute approximate surface area is 241 Å². The summed E-state index contributed by atoms with van der Waals surface area (Å²) in [6, 6.07) is 11.7. The van der Waals surface area contributed by atoms with E-state index in [2.05, 4.69) is 16.0 Å². The van der Waals surface area contributed by atoms with Crippen LogP contribution in [0, 0.1) is 18.7 Å². The molecule has 6 nitrogen and oxygen atoms in total. The first-order valence-electron chi connectivity index (χ1n) is 11.9. The summed E-state index contributed by atoms with van der Waals surface area (Å²) in [4.78, 5) is 26.0. The van der Waals surface area contributed by atoms with Gasteiger partial charge in [0.05, 0.1) is 28.7 Å². The van der Waals surface area contributed by atoms with Gasteiger partial charge < -0.3 is 21.1 Å². The molecule has 2 amide bonds. The number of amides is 2. The highest BCUT2D eigenvalue weighted by Gasteiger charge is 2.67. The summed E-state index contributed by atoms with van der Waals surface area (Å²) in [5.41, 5.74) is 0.706. The van der Waals surface area contributed by atoms with Gasteiger partial charge in [-0.15, -0.1) is 23.2 Å². The predicted molar refractivity (Wildman–Crippen MR) is 147 cm³/mol. The van der Waals surface area contributed by atoms with E-state index in [0.29, 0.717) is 24.4 Å². The van der Waals surface area contributed by atoms with Crippen LogP contribution in [0.5, 0.6) is 0 Å². The van der Waals surface area contributed by atoms with Gasteiger partial charge >= 0.3 is 6.18 Å². The number of nitrogens with one attached hydrogen (secondary N) is 3. The number of alkyl halides is 5. The standard InChI is InChI=1S/C27H22Cl3F4N3O3/c1-13-10-15(35-8-9-38)4-7-21(13)37-24(39)17-12-16(3-5-19(17)28)36-25(40)23-22(26(23,29)30)14-2-6-20(31)18(11-14)27(32,33)34/h2-7,10-12,22-23,35,38H,8-9H2,1H3,(H,36,40)(H,37,39)/t22-,23?/m0/s1. The second-order valence-corrected chi connectivity index (χ2v) is 11.0. The monoisotopic (exact) mass is 617 g/mol. The van der Waals surface area contributed by atoms with E-state index in [1.54, 1.807) is 25.1 Å². The molecule has 40 heavy (non-hydrogen) atoms. The fraction of sp³-hybridized carbons (Fsp3) is 0.259. The summed E-state index contributed by atoms with van der Waals surface area (Å²) in [6.45, 7) is 2.12. The molecule has 0 spiro atoms. The van der Waals surface area contributed by atoms with E-state index in [1.165, 1.54) is 18.2 Å². The molecule has 212 valence electrons. The lowest BCUT2D eigenvalue weighted by Crippen LogP contribution is -2.18. The van der Waals surface area contributed by atoms with Gasteiger partial charge in [0.15, 0.2) is 0 Å². The Morgan fingerprint density at radius 1 is 1.00 bits per heavy atom. The number of carbonyl (C=O) groups excluding carboxylic acids is 2. The Balaban J connectivity index is 1.49. The maximum Gasteiger partial charge on any atom is 0.419 e. The molecule has 3 aromatic carbocycles. The molecule has 13 heteroatoms. The Hall–Kier alpha value is -3.05. The third-order valence-electron chi connectivity index (χ3n) is 6.38. The zero-order chi connectivity index (χ0) is 29.4. The minimum atomic E-state index is -4.94. The largest absolute Gasteiger partial charge is 0.419 e. The average molecular weight is 619 g/mol. The lowest BCUT2D eigenvalue weighted by Gasteiger charge is -2.13. The van der Waals surface area contributed by atoms with Crippen molar-refractivity contribution in [1.29, 1.82) is 0 Å². The SMILES string of the molecule is Cc1cc(NCCO)ccc1NC(=O)c1cc(NC(=O)C2[C@H](c3ccc(F)c(C(F)(F)F)c3)C2(Cl)Cl)ccc1Cl. The molecule has 4 N–H and O–H groups in total. The van der Waals surface area contributed by atoms with E-state index >= 15 is 0 Å². The molecule has 1 saturated carbocycles. The maximum absolute atomic E-state index is 13.7. The van der Waals surface area contributed by atoms with Crippen LogP contribution in [0.4, 0.5) is 34.6 Å².